The van der Waals surface area contributed by atoms with Gasteiger partial charge in [0.15, 0.2) is 0 Å². The fourth-order valence-corrected chi connectivity index (χ4v) is 3.12. The van der Waals surface area contributed by atoms with Crippen LogP contribution in [0.3, 0.4) is 0 Å². The molecule has 2 aromatic rings. The molecule has 0 unspecified atom stereocenters. The largest absolute Gasteiger partial charge is 0.339 e. The Morgan fingerprint density at radius 1 is 1.29 bits per heavy atom. The molecule has 5 nitrogen and oxygen atoms in total. The molecule has 1 aliphatic rings. The lowest BCUT2D eigenvalue weighted by Gasteiger charge is -2.36. The number of pyridine rings is 1. The SMILES string of the molecule is CNC1(Cc2nc(-c3cc(C)ccn3)no2)CCCCC1. The molecule has 3 rings (SSSR count). The lowest BCUT2D eigenvalue weighted by Crippen LogP contribution is -2.46. The molecule has 0 aromatic carbocycles. The topological polar surface area (TPSA) is 63.8 Å². The second-order valence-electron chi connectivity index (χ2n) is 6.00. The summed E-state index contributed by atoms with van der Waals surface area (Å²) in [5.41, 5.74) is 2.03. The van der Waals surface area contributed by atoms with Crippen molar-refractivity contribution >= 4 is 0 Å². The van der Waals surface area contributed by atoms with Crippen molar-refractivity contribution in [2.24, 2.45) is 0 Å². The van der Waals surface area contributed by atoms with Crippen molar-refractivity contribution in [3.63, 3.8) is 0 Å². The van der Waals surface area contributed by atoms with Crippen LogP contribution in [-0.4, -0.2) is 27.7 Å². The minimum atomic E-state index is 0.113. The summed E-state index contributed by atoms with van der Waals surface area (Å²) in [6.07, 6.45) is 8.77. The average molecular weight is 286 g/mol. The molecular formula is C16H22N4O. The summed E-state index contributed by atoms with van der Waals surface area (Å²) in [7, 11) is 2.03. The van der Waals surface area contributed by atoms with Crippen molar-refractivity contribution in [2.45, 2.75) is 51.0 Å². The molecule has 0 atom stereocenters. The predicted octanol–water partition coefficient (Wildman–Crippen LogP) is 2.90. The molecule has 0 radical (unpaired) electrons. The normalized spacial score (nSPS) is 17.8. The Balaban J connectivity index is 1.78. The third-order valence-electron chi connectivity index (χ3n) is 4.44. The van der Waals surface area contributed by atoms with Crippen LogP contribution >= 0.6 is 0 Å². The molecule has 112 valence electrons. The van der Waals surface area contributed by atoms with E-state index in [-0.39, 0.29) is 5.54 Å². The molecule has 1 saturated carbocycles. The summed E-state index contributed by atoms with van der Waals surface area (Å²) in [6.45, 7) is 2.03. The van der Waals surface area contributed by atoms with Gasteiger partial charge in [0, 0.05) is 18.2 Å². The number of nitrogens with zero attached hydrogens (tertiary/aromatic N) is 3. The zero-order valence-corrected chi connectivity index (χ0v) is 12.7. The molecule has 2 aromatic heterocycles. The van der Waals surface area contributed by atoms with Crippen molar-refractivity contribution in [3.8, 4) is 11.5 Å². The van der Waals surface area contributed by atoms with Crippen LogP contribution < -0.4 is 5.32 Å². The van der Waals surface area contributed by atoms with E-state index in [2.05, 4.69) is 20.4 Å². The standard InChI is InChI=1S/C16H22N4O/c1-12-6-9-18-13(10-12)15-19-14(21-20-15)11-16(17-2)7-4-3-5-8-16/h6,9-10,17H,3-5,7-8,11H2,1-2H3. The molecule has 0 amide bonds. The Labute approximate surface area is 125 Å². The van der Waals surface area contributed by atoms with Gasteiger partial charge in [-0.25, -0.2) is 0 Å². The molecule has 0 saturated heterocycles. The van der Waals surface area contributed by atoms with Crippen LogP contribution in [0.15, 0.2) is 22.9 Å². The fourth-order valence-electron chi connectivity index (χ4n) is 3.12. The average Bonchev–Trinajstić information content (AvgIpc) is 2.96. The maximum absolute atomic E-state index is 5.45. The number of rotatable bonds is 4. The Morgan fingerprint density at radius 3 is 2.81 bits per heavy atom. The highest BCUT2D eigenvalue weighted by Crippen LogP contribution is 2.31. The molecule has 2 heterocycles. The third kappa shape index (κ3) is 3.13. The van der Waals surface area contributed by atoms with E-state index in [1.807, 2.05) is 26.1 Å². The van der Waals surface area contributed by atoms with Crippen molar-refractivity contribution < 1.29 is 4.52 Å². The van der Waals surface area contributed by atoms with Crippen LogP contribution in [0, 0.1) is 6.92 Å². The van der Waals surface area contributed by atoms with E-state index < -0.39 is 0 Å². The molecule has 1 N–H and O–H groups in total. The van der Waals surface area contributed by atoms with E-state index in [9.17, 15) is 0 Å². The second-order valence-corrected chi connectivity index (χ2v) is 6.00. The van der Waals surface area contributed by atoms with Crippen LogP contribution in [-0.2, 0) is 6.42 Å². The number of aromatic nitrogens is 3. The highest BCUT2D eigenvalue weighted by molar-refractivity contribution is 5.48. The Kier molecular flexibility index (Phi) is 4.01. The van der Waals surface area contributed by atoms with Crippen molar-refractivity contribution in [2.75, 3.05) is 7.05 Å². The first kappa shape index (κ1) is 14.2. The molecule has 21 heavy (non-hydrogen) atoms. The summed E-state index contributed by atoms with van der Waals surface area (Å²) in [5.74, 6) is 1.28. The summed E-state index contributed by atoms with van der Waals surface area (Å²) < 4.78 is 5.45. The minimum absolute atomic E-state index is 0.113. The van der Waals surface area contributed by atoms with Crippen LogP contribution in [0.2, 0.25) is 0 Å². The predicted molar refractivity (Wildman–Crippen MR) is 80.8 cm³/mol. The summed E-state index contributed by atoms with van der Waals surface area (Å²) in [6, 6.07) is 3.94. The Morgan fingerprint density at radius 2 is 2.10 bits per heavy atom. The quantitative estimate of drug-likeness (QED) is 0.936. The van der Waals surface area contributed by atoms with Crippen LogP contribution in [0.5, 0.6) is 0 Å². The van der Waals surface area contributed by atoms with Gasteiger partial charge in [0.05, 0.1) is 0 Å². The number of nitrogens with one attached hydrogen (secondary N) is 1. The summed E-state index contributed by atoms with van der Waals surface area (Å²) in [5, 5.41) is 7.56. The molecular weight excluding hydrogens is 264 g/mol. The first-order valence-corrected chi connectivity index (χ1v) is 7.65. The van der Waals surface area contributed by atoms with Gasteiger partial charge in [0.25, 0.3) is 0 Å². The molecule has 0 bridgehead atoms. The Bertz CT molecular complexity index is 602. The van der Waals surface area contributed by atoms with E-state index in [0.29, 0.717) is 11.7 Å². The van der Waals surface area contributed by atoms with E-state index in [1.165, 1.54) is 32.1 Å². The van der Waals surface area contributed by atoms with Crippen LogP contribution in [0.4, 0.5) is 0 Å². The number of aryl methyl sites for hydroxylation is 1. The van der Waals surface area contributed by atoms with Gasteiger partial charge in [0.2, 0.25) is 11.7 Å². The van der Waals surface area contributed by atoms with Crippen LogP contribution in [0.25, 0.3) is 11.5 Å². The monoisotopic (exact) mass is 286 g/mol. The molecule has 1 fully saturated rings. The van der Waals surface area contributed by atoms with Crippen molar-refractivity contribution in [3.05, 3.63) is 29.8 Å². The fraction of sp³-hybridized carbons (Fsp3) is 0.562. The van der Waals surface area contributed by atoms with Crippen molar-refractivity contribution in [1.82, 2.24) is 20.4 Å². The Hall–Kier alpha value is -1.75. The van der Waals surface area contributed by atoms with E-state index in [4.69, 9.17) is 4.52 Å². The first-order valence-electron chi connectivity index (χ1n) is 7.65. The molecule has 0 spiro atoms. The second kappa shape index (κ2) is 5.93. The van der Waals surface area contributed by atoms with Gasteiger partial charge in [0.1, 0.15) is 5.69 Å². The summed E-state index contributed by atoms with van der Waals surface area (Å²) in [4.78, 5) is 8.84. The number of hydrogen-bond acceptors (Lipinski definition) is 5. The number of hydrogen-bond donors (Lipinski definition) is 1. The van der Waals surface area contributed by atoms with Gasteiger partial charge < -0.3 is 9.84 Å². The van der Waals surface area contributed by atoms with Crippen molar-refractivity contribution in [1.29, 1.82) is 0 Å². The zero-order valence-electron chi connectivity index (χ0n) is 12.7. The number of likely N-dealkylation sites (N-methyl/N-ethyl adjacent to an activating group) is 1. The molecule has 0 aliphatic heterocycles. The maximum atomic E-state index is 5.45. The van der Waals surface area contributed by atoms with E-state index >= 15 is 0 Å². The summed E-state index contributed by atoms with van der Waals surface area (Å²) >= 11 is 0. The lowest BCUT2D eigenvalue weighted by atomic mass is 9.79. The highest BCUT2D eigenvalue weighted by Gasteiger charge is 2.32. The van der Waals surface area contributed by atoms with Gasteiger partial charge in [-0.2, -0.15) is 4.98 Å². The minimum Gasteiger partial charge on any atom is -0.339 e. The van der Waals surface area contributed by atoms with Gasteiger partial charge in [-0.1, -0.05) is 24.4 Å². The third-order valence-corrected chi connectivity index (χ3v) is 4.44. The van der Waals surface area contributed by atoms with Gasteiger partial charge >= 0.3 is 0 Å². The molecule has 5 heteroatoms. The van der Waals surface area contributed by atoms with Gasteiger partial charge in [-0.3, -0.25) is 4.98 Å². The van der Waals surface area contributed by atoms with E-state index in [1.54, 1.807) is 6.20 Å². The lowest BCUT2D eigenvalue weighted by molar-refractivity contribution is 0.221. The first-order chi connectivity index (χ1) is 10.2. The van der Waals surface area contributed by atoms with Gasteiger partial charge in [-0.15, -0.1) is 0 Å². The van der Waals surface area contributed by atoms with Crippen LogP contribution in [0.1, 0.15) is 43.6 Å². The smallest absolute Gasteiger partial charge is 0.228 e. The van der Waals surface area contributed by atoms with Gasteiger partial charge in [-0.05, 0) is 44.5 Å². The molecule has 1 aliphatic carbocycles. The van der Waals surface area contributed by atoms with E-state index in [0.717, 1.165) is 17.7 Å². The highest BCUT2D eigenvalue weighted by atomic mass is 16.5. The maximum Gasteiger partial charge on any atom is 0.228 e. The zero-order chi connectivity index (χ0) is 14.7.